The van der Waals surface area contributed by atoms with Gasteiger partial charge in [-0.25, -0.2) is 0 Å². The average molecular weight is 517 g/mol. The van der Waals surface area contributed by atoms with Gasteiger partial charge >= 0.3 is 0 Å². The van der Waals surface area contributed by atoms with Crippen LogP contribution in [-0.4, -0.2) is 35.6 Å². The van der Waals surface area contributed by atoms with Gasteiger partial charge in [-0.05, 0) is 70.2 Å². The molecule has 2 aromatic rings. The quantitative estimate of drug-likeness (QED) is 0.465. The molecule has 5 heteroatoms. The van der Waals surface area contributed by atoms with Crippen LogP contribution in [0.4, 0.5) is 5.69 Å². The number of quaternary nitrogens is 1. The van der Waals surface area contributed by atoms with Gasteiger partial charge in [-0.3, -0.25) is 4.79 Å². The molecule has 1 amide bonds. The molecule has 1 heterocycles. The smallest absolute Gasteiger partial charge is 0.285 e. The van der Waals surface area contributed by atoms with Crippen LogP contribution in [0.15, 0.2) is 42.5 Å². The Labute approximate surface area is 218 Å². The van der Waals surface area contributed by atoms with Crippen LogP contribution in [0, 0.1) is 20.8 Å². The van der Waals surface area contributed by atoms with Crippen LogP contribution in [-0.2, 0) is 37.5 Å². The first-order valence-electron chi connectivity index (χ1n) is 11.3. The molecule has 31 heavy (non-hydrogen) atoms. The molecule has 4 rings (SSSR count). The Bertz CT molecular complexity index is 851. The molecule has 1 saturated heterocycles. The Balaban J connectivity index is 0.000000364. The zero-order valence-corrected chi connectivity index (χ0v) is 23.1. The van der Waals surface area contributed by atoms with Crippen molar-refractivity contribution in [3.8, 4) is 0 Å². The molecule has 1 aliphatic carbocycles. The molecule has 1 radical (unpaired) electrons. The molecule has 1 saturated carbocycles. The first-order chi connectivity index (χ1) is 14.3. The number of benzene rings is 2. The molecule has 0 aromatic heterocycles. The number of aryl methyl sites for hydroxylation is 3. The number of likely N-dealkylation sites (tertiary alicyclic amines) is 1. The molecule has 2 aromatic carbocycles. The van der Waals surface area contributed by atoms with Crippen molar-refractivity contribution in [3.05, 3.63) is 64.2 Å². The minimum atomic E-state index is -0.187. The number of carbonyl (C=O) groups is 1. The first-order valence-corrected chi connectivity index (χ1v) is 11.7. The van der Waals surface area contributed by atoms with E-state index in [0.29, 0.717) is 0 Å². The third-order valence-electron chi connectivity index (χ3n) is 7.01. The average Bonchev–Trinajstić information content (AvgIpc) is 3.55. The largest absolute Gasteiger partial charge is 0.320 e. The Morgan fingerprint density at radius 3 is 1.97 bits per heavy atom. The number of nitrogens with zero attached hydrogens (tertiary/aromatic N) is 1. The van der Waals surface area contributed by atoms with Gasteiger partial charge in [0.05, 0.1) is 19.6 Å². The maximum absolute atomic E-state index is 13.2. The monoisotopic (exact) mass is 516 g/mol. The van der Waals surface area contributed by atoms with Gasteiger partial charge in [-0.1, -0.05) is 47.5 Å². The summed E-state index contributed by atoms with van der Waals surface area (Å²) in [5.74, 6) is 0.217. The predicted molar refractivity (Wildman–Crippen MR) is 127 cm³/mol. The molecule has 1 aliphatic heterocycles. The van der Waals surface area contributed by atoms with Gasteiger partial charge < -0.3 is 9.80 Å². The number of piperidine rings is 1. The summed E-state index contributed by atoms with van der Waals surface area (Å²) < 4.78 is 0.991. The minimum absolute atomic E-state index is 0. The third kappa shape index (κ3) is 5.99. The molecule has 2 aliphatic rings. The molecule has 165 valence electrons. The van der Waals surface area contributed by atoms with Gasteiger partial charge in [0.25, 0.3) is 5.91 Å². The Morgan fingerprint density at radius 2 is 1.55 bits per heavy atom. The van der Waals surface area contributed by atoms with Crippen molar-refractivity contribution < 1.29 is 42.0 Å². The van der Waals surface area contributed by atoms with E-state index in [4.69, 9.17) is 11.6 Å². The standard InChI is InChI=1S/C19H27ClN2O.C7H8.Y/c1-4-22(10-6-5-7-11-22)19(8-9-19)18(23)21-17-14(2)12-16(20)13-15(17)3;1-7-5-3-2-4-6-7;/h12-13H,4-11H2,1-3H3;2-6H,1H3;/p+1. The van der Waals surface area contributed by atoms with E-state index >= 15 is 0 Å². The number of likely N-dealkylation sites (N-methyl/N-ethyl adjacent to an activating group) is 1. The van der Waals surface area contributed by atoms with Gasteiger partial charge in [0.15, 0.2) is 5.54 Å². The first kappa shape index (κ1) is 26.5. The Kier molecular flexibility index (Phi) is 9.76. The van der Waals surface area contributed by atoms with Gasteiger partial charge in [0.1, 0.15) is 0 Å². The van der Waals surface area contributed by atoms with E-state index in [1.54, 1.807) is 0 Å². The maximum Gasteiger partial charge on any atom is 0.285 e. The minimum Gasteiger partial charge on any atom is -0.320 e. The molecular formula is C26H36ClN2OY+. The summed E-state index contributed by atoms with van der Waals surface area (Å²) in [5, 5.41) is 3.98. The van der Waals surface area contributed by atoms with Crippen molar-refractivity contribution in [2.24, 2.45) is 0 Å². The zero-order chi connectivity index (χ0) is 21.8. The number of hydrogen-bond donors (Lipinski definition) is 1. The second-order valence-electron chi connectivity index (χ2n) is 9.02. The van der Waals surface area contributed by atoms with Crippen LogP contribution in [0.1, 0.15) is 55.7 Å². The summed E-state index contributed by atoms with van der Waals surface area (Å²) in [7, 11) is 0. The number of rotatable bonds is 4. The second-order valence-corrected chi connectivity index (χ2v) is 9.46. The number of carbonyl (C=O) groups excluding carboxylic acids is 1. The van der Waals surface area contributed by atoms with E-state index in [0.717, 1.165) is 58.8 Å². The second kappa shape index (κ2) is 11.4. The van der Waals surface area contributed by atoms with Crippen LogP contribution in [0.2, 0.25) is 5.02 Å². The molecule has 3 nitrogen and oxygen atoms in total. The van der Waals surface area contributed by atoms with Crippen molar-refractivity contribution >= 4 is 23.2 Å². The summed E-state index contributed by atoms with van der Waals surface area (Å²) in [5.41, 5.74) is 4.16. The van der Waals surface area contributed by atoms with E-state index < -0.39 is 0 Å². The van der Waals surface area contributed by atoms with Crippen molar-refractivity contribution in [2.45, 2.75) is 65.3 Å². The third-order valence-corrected chi connectivity index (χ3v) is 7.23. The fraction of sp³-hybridized carbons (Fsp3) is 0.500. The van der Waals surface area contributed by atoms with Crippen molar-refractivity contribution in [1.29, 1.82) is 0 Å². The number of hydrogen-bond acceptors (Lipinski definition) is 1. The number of nitrogens with one attached hydrogen (secondary N) is 1. The topological polar surface area (TPSA) is 29.1 Å². The van der Waals surface area contributed by atoms with Crippen LogP contribution >= 0.6 is 11.6 Å². The normalized spacial score (nSPS) is 18.1. The molecule has 0 spiro atoms. The zero-order valence-electron chi connectivity index (χ0n) is 19.5. The van der Waals surface area contributed by atoms with Gasteiger partial charge in [-0.15, -0.1) is 0 Å². The van der Waals surface area contributed by atoms with E-state index in [9.17, 15) is 4.79 Å². The van der Waals surface area contributed by atoms with Gasteiger partial charge in [0.2, 0.25) is 0 Å². The molecule has 0 unspecified atom stereocenters. The van der Waals surface area contributed by atoms with Crippen molar-refractivity contribution in [1.82, 2.24) is 0 Å². The molecule has 1 N–H and O–H groups in total. The van der Waals surface area contributed by atoms with Crippen LogP contribution in [0.25, 0.3) is 0 Å². The SMILES string of the molecule is CC[N+]1(C2(C(=O)Nc3c(C)cc(Cl)cc3C)CC2)CCCCC1.Cc1ccccc1.[Y]. The summed E-state index contributed by atoms with van der Waals surface area (Å²) >= 11 is 6.11. The van der Waals surface area contributed by atoms with Crippen molar-refractivity contribution in [2.75, 3.05) is 25.0 Å². The molecule has 0 bridgehead atoms. The Morgan fingerprint density at radius 1 is 1.00 bits per heavy atom. The Hall–Kier alpha value is -0.736. The molecule has 2 fully saturated rings. The van der Waals surface area contributed by atoms with Crippen molar-refractivity contribution in [3.63, 3.8) is 0 Å². The predicted octanol–water partition coefficient (Wildman–Crippen LogP) is 6.44. The number of halogens is 1. The number of amides is 1. The molecular weight excluding hydrogens is 481 g/mol. The van der Waals surface area contributed by atoms with Crippen LogP contribution in [0.3, 0.4) is 0 Å². The van der Waals surface area contributed by atoms with Crippen LogP contribution in [0.5, 0.6) is 0 Å². The summed E-state index contributed by atoms with van der Waals surface area (Å²) in [6.45, 7) is 11.7. The van der Waals surface area contributed by atoms with E-state index in [-0.39, 0.29) is 44.2 Å². The van der Waals surface area contributed by atoms with E-state index in [2.05, 4.69) is 31.3 Å². The molecule has 0 atom stereocenters. The van der Waals surface area contributed by atoms with E-state index in [1.165, 1.54) is 24.8 Å². The van der Waals surface area contributed by atoms with Gasteiger partial charge in [0, 0.05) is 56.3 Å². The fourth-order valence-corrected chi connectivity index (χ4v) is 5.40. The summed E-state index contributed by atoms with van der Waals surface area (Å²) in [6, 6.07) is 14.1. The van der Waals surface area contributed by atoms with E-state index in [1.807, 2.05) is 44.2 Å². The van der Waals surface area contributed by atoms with Gasteiger partial charge in [-0.2, -0.15) is 0 Å². The fourth-order valence-electron chi connectivity index (χ4n) is 5.07. The maximum atomic E-state index is 13.2. The summed E-state index contributed by atoms with van der Waals surface area (Å²) in [4.78, 5) is 13.2. The number of anilines is 1. The van der Waals surface area contributed by atoms with Crippen LogP contribution < -0.4 is 5.32 Å². The summed E-state index contributed by atoms with van der Waals surface area (Å²) in [6.07, 6.45) is 5.87.